The maximum atomic E-state index is 12.1. The number of ether oxygens (including phenoxy) is 1. The van der Waals surface area contributed by atoms with E-state index in [2.05, 4.69) is 39.8 Å². The maximum absolute atomic E-state index is 12.1. The van der Waals surface area contributed by atoms with E-state index in [1.165, 1.54) is 11.1 Å². The van der Waals surface area contributed by atoms with Crippen LogP contribution in [-0.2, 0) is 28.9 Å². The van der Waals surface area contributed by atoms with Crippen LogP contribution >= 0.6 is 0 Å². The van der Waals surface area contributed by atoms with Crippen LogP contribution < -0.4 is 10.6 Å². The van der Waals surface area contributed by atoms with Gasteiger partial charge in [0.15, 0.2) is 0 Å². The number of amides is 1. The molecule has 36 heavy (non-hydrogen) atoms. The first kappa shape index (κ1) is 27.5. The summed E-state index contributed by atoms with van der Waals surface area (Å²) < 4.78 is 5.24. The Kier molecular flexibility index (Phi) is 10.1. The van der Waals surface area contributed by atoms with Crippen LogP contribution in [0.3, 0.4) is 0 Å². The van der Waals surface area contributed by atoms with E-state index in [9.17, 15) is 14.7 Å². The Morgan fingerprint density at radius 2 is 1.92 bits per heavy atom. The minimum Gasteiger partial charge on any atom is -0.480 e. The predicted octanol–water partition coefficient (Wildman–Crippen LogP) is 4.63. The Balaban J connectivity index is 1.53. The molecule has 1 aliphatic rings. The second-order valence-corrected chi connectivity index (χ2v) is 10.4. The molecule has 8 heteroatoms. The highest BCUT2D eigenvalue weighted by molar-refractivity contribution is 5.80. The van der Waals surface area contributed by atoms with E-state index in [1.807, 2.05) is 18.2 Å². The summed E-state index contributed by atoms with van der Waals surface area (Å²) in [4.78, 5) is 31.0. The largest absolute Gasteiger partial charge is 0.480 e. The normalized spacial score (nSPS) is 14.0. The third-order valence-corrected chi connectivity index (χ3v) is 6.08. The van der Waals surface area contributed by atoms with Gasteiger partial charge in [-0.25, -0.2) is 14.6 Å². The zero-order chi connectivity index (χ0) is 26.0. The van der Waals surface area contributed by atoms with Crippen molar-refractivity contribution in [3.63, 3.8) is 0 Å². The molecular weight excluding hydrogens is 456 g/mol. The average molecular weight is 497 g/mol. The van der Waals surface area contributed by atoms with Gasteiger partial charge >= 0.3 is 12.1 Å². The molecule has 1 atom stereocenters. The number of hydrogen-bond acceptors (Lipinski definition) is 6. The van der Waals surface area contributed by atoms with Crippen molar-refractivity contribution in [3.05, 3.63) is 59.3 Å². The van der Waals surface area contributed by atoms with Gasteiger partial charge in [0.25, 0.3) is 0 Å². The highest BCUT2D eigenvalue weighted by Gasteiger charge is 2.24. The van der Waals surface area contributed by atoms with Crippen LogP contribution in [0.1, 0.15) is 63.3 Å². The molecule has 8 nitrogen and oxygen atoms in total. The van der Waals surface area contributed by atoms with Gasteiger partial charge in [-0.05, 0) is 83.0 Å². The van der Waals surface area contributed by atoms with Crippen molar-refractivity contribution >= 4 is 17.9 Å². The van der Waals surface area contributed by atoms with E-state index in [4.69, 9.17) is 9.72 Å². The van der Waals surface area contributed by atoms with Crippen LogP contribution in [0, 0.1) is 0 Å². The van der Waals surface area contributed by atoms with Gasteiger partial charge in [0, 0.05) is 25.3 Å². The van der Waals surface area contributed by atoms with Gasteiger partial charge in [0.05, 0.1) is 0 Å². The third-order valence-electron chi connectivity index (χ3n) is 6.08. The number of nitrogens with zero attached hydrogens (tertiary/aromatic N) is 2. The van der Waals surface area contributed by atoms with Gasteiger partial charge in [0.2, 0.25) is 0 Å². The molecule has 0 spiro atoms. The first-order chi connectivity index (χ1) is 17.2. The number of pyridine rings is 1. The van der Waals surface area contributed by atoms with E-state index in [-0.39, 0.29) is 0 Å². The fourth-order valence-corrected chi connectivity index (χ4v) is 4.28. The number of hydrogen-bond donors (Lipinski definition) is 3. The summed E-state index contributed by atoms with van der Waals surface area (Å²) in [5.74, 6) is -0.0331. The number of carbonyl (C=O) groups excluding carboxylic acids is 1. The van der Waals surface area contributed by atoms with Crippen molar-refractivity contribution in [3.8, 4) is 0 Å². The average Bonchev–Trinajstić information content (AvgIpc) is 2.83. The minimum absolute atomic E-state index is 0.291. The van der Waals surface area contributed by atoms with Gasteiger partial charge in [-0.1, -0.05) is 36.4 Å². The summed E-state index contributed by atoms with van der Waals surface area (Å²) in [5.41, 5.74) is 2.89. The Hall–Kier alpha value is -3.13. The van der Waals surface area contributed by atoms with E-state index in [0.29, 0.717) is 13.0 Å². The van der Waals surface area contributed by atoms with Gasteiger partial charge in [-0.2, -0.15) is 0 Å². The van der Waals surface area contributed by atoms with Crippen molar-refractivity contribution in [2.45, 2.75) is 77.5 Å². The van der Waals surface area contributed by atoms with Crippen molar-refractivity contribution in [2.24, 2.45) is 0 Å². The van der Waals surface area contributed by atoms with Gasteiger partial charge in [-0.15, -0.1) is 0 Å². The fourth-order valence-electron chi connectivity index (χ4n) is 4.28. The van der Waals surface area contributed by atoms with Crippen molar-refractivity contribution < 1.29 is 19.4 Å². The maximum Gasteiger partial charge on any atom is 0.408 e. The van der Waals surface area contributed by atoms with Crippen LogP contribution in [0.4, 0.5) is 10.6 Å². The fraction of sp³-hybridized carbons (Fsp3) is 0.536. The lowest BCUT2D eigenvalue weighted by Crippen LogP contribution is -2.45. The van der Waals surface area contributed by atoms with E-state index in [0.717, 1.165) is 63.3 Å². The molecule has 0 aliphatic carbocycles. The molecule has 0 bridgehead atoms. The number of carbonyl (C=O) groups is 2. The number of fused-ring (bicyclic) bond motifs is 1. The smallest absolute Gasteiger partial charge is 0.408 e. The van der Waals surface area contributed by atoms with E-state index in [1.54, 1.807) is 20.8 Å². The molecule has 0 radical (unpaired) electrons. The van der Waals surface area contributed by atoms with Crippen LogP contribution in [-0.4, -0.2) is 58.3 Å². The van der Waals surface area contributed by atoms with Gasteiger partial charge in [-0.3, -0.25) is 4.90 Å². The molecule has 0 saturated carbocycles. The van der Waals surface area contributed by atoms with Crippen molar-refractivity contribution in [1.82, 2.24) is 15.2 Å². The lowest BCUT2D eigenvalue weighted by atomic mass is 10.1. The predicted molar refractivity (Wildman–Crippen MR) is 141 cm³/mol. The summed E-state index contributed by atoms with van der Waals surface area (Å²) in [6.07, 6.45) is 4.69. The SMILES string of the molecule is CC(C)(C)OC(=O)N[C@@H](CCN(CCCCc1ccc2c(n1)NCCC2)Cc1ccccc1)C(=O)O. The molecule has 196 valence electrons. The molecule has 3 N–H and O–H groups in total. The van der Waals surface area contributed by atoms with E-state index >= 15 is 0 Å². The van der Waals surface area contributed by atoms with Crippen LogP contribution in [0.25, 0.3) is 0 Å². The summed E-state index contributed by atoms with van der Waals surface area (Å²) >= 11 is 0. The quantitative estimate of drug-likeness (QED) is 0.368. The number of aryl methyl sites for hydroxylation is 2. The summed E-state index contributed by atoms with van der Waals surface area (Å²) in [6.45, 7) is 8.33. The van der Waals surface area contributed by atoms with Crippen LogP contribution in [0.15, 0.2) is 42.5 Å². The molecule has 1 aromatic carbocycles. The molecule has 1 amide bonds. The van der Waals surface area contributed by atoms with Crippen molar-refractivity contribution in [2.75, 3.05) is 25.0 Å². The molecule has 2 aromatic rings. The standard InChI is InChI=1S/C28H40N4O4/c1-28(2,3)36-27(35)31-24(26(33)34)16-19-32(20-21-10-5-4-6-11-21)18-8-7-13-23-15-14-22-12-9-17-29-25(22)30-23/h4-6,10-11,14-15,24H,7-9,12-13,16-20H2,1-3H3,(H,29,30)(H,31,35)(H,33,34)/t24-/m0/s1. The van der Waals surface area contributed by atoms with Crippen molar-refractivity contribution in [1.29, 1.82) is 0 Å². The number of carboxylic acid groups (broad SMARTS) is 1. The minimum atomic E-state index is -1.06. The van der Waals surface area contributed by atoms with Gasteiger partial charge < -0.3 is 20.5 Å². The number of alkyl carbamates (subject to hydrolysis) is 1. The molecule has 0 fully saturated rings. The number of rotatable bonds is 12. The number of unbranched alkanes of at least 4 members (excludes halogenated alkanes) is 1. The van der Waals surface area contributed by atoms with Crippen LogP contribution in [0.2, 0.25) is 0 Å². The number of benzene rings is 1. The number of anilines is 1. The Bertz CT molecular complexity index is 991. The highest BCUT2D eigenvalue weighted by atomic mass is 16.6. The Labute approximate surface area is 214 Å². The molecule has 1 aromatic heterocycles. The zero-order valence-corrected chi connectivity index (χ0v) is 21.8. The molecule has 3 rings (SSSR count). The lowest BCUT2D eigenvalue weighted by Gasteiger charge is -2.25. The monoisotopic (exact) mass is 496 g/mol. The Morgan fingerprint density at radius 1 is 1.14 bits per heavy atom. The molecule has 0 saturated heterocycles. The number of aromatic nitrogens is 1. The summed E-state index contributed by atoms with van der Waals surface area (Å²) in [6, 6.07) is 13.5. The second-order valence-electron chi connectivity index (χ2n) is 10.4. The molecule has 2 heterocycles. The highest BCUT2D eigenvalue weighted by Crippen LogP contribution is 2.20. The van der Waals surface area contributed by atoms with E-state index < -0.39 is 23.7 Å². The number of aliphatic carboxylic acids is 1. The second kappa shape index (κ2) is 13.3. The Morgan fingerprint density at radius 3 is 2.64 bits per heavy atom. The molecule has 1 aliphatic heterocycles. The van der Waals surface area contributed by atoms with Crippen LogP contribution in [0.5, 0.6) is 0 Å². The number of carboxylic acids is 1. The topological polar surface area (TPSA) is 104 Å². The lowest BCUT2D eigenvalue weighted by molar-refractivity contribution is -0.139. The molecule has 0 unspecified atom stereocenters. The van der Waals surface area contributed by atoms with Gasteiger partial charge in [0.1, 0.15) is 17.5 Å². The number of nitrogens with one attached hydrogen (secondary N) is 2. The summed E-state index contributed by atoms with van der Waals surface area (Å²) in [5, 5.41) is 15.5. The summed E-state index contributed by atoms with van der Waals surface area (Å²) in [7, 11) is 0. The first-order valence-electron chi connectivity index (χ1n) is 12.9. The zero-order valence-electron chi connectivity index (χ0n) is 21.8. The molecular formula is C28H40N4O4. The first-order valence-corrected chi connectivity index (χ1v) is 12.9. The third kappa shape index (κ3) is 9.49.